The summed E-state index contributed by atoms with van der Waals surface area (Å²) in [5.74, 6) is 0.179. The molecule has 2 aliphatic rings. The maximum Gasteiger partial charge on any atom is 0.248 e. The van der Waals surface area contributed by atoms with E-state index < -0.39 is 0 Å². The predicted molar refractivity (Wildman–Crippen MR) is 76.1 cm³/mol. The monoisotopic (exact) mass is 268 g/mol. The highest BCUT2D eigenvalue weighted by atomic mass is 16.5. The van der Waals surface area contributed by atoms with Gasteiger partial charge in [0, 0.05) is 25.7 Å². The summed E-state index contributed by atoms with van der Waals surface area (Å²) in [6, 6.07) is 0.599. The summed E-state index contributed by atoms with van der Waals surface area (Å²) in [5, 5.41) is 3.50. The van der Waals surface area contributed by atoms with Crippen LogP contribution in [0.5, 0.6) is 0 Å². The number of likely N-dealkylation sites (tertiary alicyclic amines) is 1. The van der Waals surface area contributed by atoms with Gasteiger partial charge in [-0.2, -0.15) is 0 Å². The zero-order chi connectivity index (χ0) is 13.3. The van der Waals surface area contributed by atoms with E-state index in [4.69, 9.17) is 4.74 Å². The molecule has 2 aliphatic heterocycles. The fourth-order valence-corrected chi connectivity index (χ4v) is 2.97. The van der Waals surface area contributed by atoms with Gasteiger partial charge in [-0.1, -0.05) is 19.3 Å². The first kappa shape index (κ1) is 14.8. The predicted octanol–water partition coefficient (Wildman–Crippen LogP) is 1.94. The average Bonchev–Trinajstić information content (AvgIpc) is 2.73. The van der Waals surface area contributed by atoms with Gasteiger partial charge in [-0.3, -0.25) is 4.79 Å². The van der Waals surface area contributed by atoms with Crippen LogP contribution in [0.25, 0.3) is 0 Å². The van der Waals surface area contributed by atoms with Crippen molar-refractivity contribution in [1.29, 1.82) is 0 Å². The molecular formula is C15H28N2O2. The van der Waals surface area contributed by atoms with Crippen LogP contribution in [0.2, 0.25) is 0 Å². The first-order valence-corrected chi connectivity index (χ1v) is 7.95. The lowest BCUT2D eigenvalue weighted by molar-refractivity contribution is -0.136. The van der Waals surface area contributed by atoms with Gasteiger partial charge in [-0.25, -0.2) is 0 Å². The molecule has 0 bridgehead atoms. The molecule has 0 aromatic rings. The van der Waals surface area contributed by atoms with Crippen molar-refractivity contribution in [2.75, 3.05) is 32.8 Å². The second-order valence-corrected chi connectivity index (χ2v) is 5.78. The lowest BCUT2D eigenvalue weighted by Crippen LogP contribution is -2.36. The third-order valence-electron chi connectivity index (χ3n) is 4.21. The Labute approximate surface area is 116 Å². The van der Waals surface area contributed by atoms with E-state index in [0.717, 1.165) is 38.9 Å². The Bertz CT molecular complexity index is 257. The van der Waals surface area contributed by atoms with Crippen LogP contribution in [0.3, 0.4) is 0 Å². The first-order valence-electron chi connectivity index (χ1n) is 7.95. The van der Waals surface area contributed by atoms with Crippen molar-refractivity contribution in [3.63, 3.8) is 0 Å². The van der Waals surface area contributed by atoms with Gasteiger partial charge >= 0.3 is 0 Å². The zero-order valence-electron chi connectivity index (χ0n) is 12.0. The molecule has 1 atom stereocenters. The summed E-state index contributed by atoms with van der Waals surface area (Å²) in [7, 11) is 0. The Morgan fingerprint density at radius 2 is 1.89 bits per heavy atom. The Hall–Kier alpha value is -0.610. The smallest absolute Gasteiger partial charge is 0.248 e. The van der Waals surface area contributed by atoms with E-state index in [1.807, 2.05) is 4.90 Å². The van der Waals surface area contributed by atoms with Crippen molar-refractivity contribution in [2.24, 2.45) is 0 Å². The molecule has 1 N–H and O–H groups in total. The Balaban J connectivity index is 1.55. The summed E-state index contributed by atoms with van der Waals surface area (Å²) in [6.07, 6.45) is 9.73. The second kappa shape index (κ2) is 8.54. The van der Waals surface area contributed by atoms with Crippen LogP contribution in [-0.2, 0) is 9.53 Å². The average molecular weight is 268 g/mol. The third kappa shape index (κ3) is 5.49. The molecule has 0 aliphatic carbocycles. The van der Waals surface area contributed by atoms with Gasteiger partial charge in [0.15, 0.2) is 0 Å². The molecule has 19 heavy (non-hydrogen) atoms. The first-order chi connectivity index (χ1) is 9.36. The zero-order valence-corrected chi connectivity index (χ0v) is 12.0. The van der Waals surface area contributed by atoms with Crippen LogP contribution >= 0.6 is 0 Å². The normalized spacial score (nSPS) is 25.1. The Morgan fingerprint density at radius 3 is 2.58 bits per heavy atom. The number of carbonyl (C=O) groups excluding carboxylic acids is 1. The van der Waals surface area contributed by atoms with Gasteiger partial charge in [0.2, 0.25) is 5.91 Å². The quantitative estimate of drug-likeness (QED) is 0.775. The van der Waals surface area contributed by atoms with Gasteiger partial charge < -0.3 is 15.0 Å². The van der Waals surface area contributed by atoms with E-state index in [2.05, 4.69) is 5.32 Å². The highest BCUT2D eigenvalue weighted by Gasteiger charge is 2.16. The molecule has 0 aromatic heterocycles. The molecule has 0 spiro atoms. The Morgan fingerprint density at radius 1 is 1.11 bits per heavy atom. The fraction of sp³-hybridized carbons (Fsp3) is 0.933. The van der Waals surface area contributed by atoms with Crippen molar-refractivity contribution in [3.05, 3.63) is 0 Å². The fourth-order valence-electron chi connectivity index (χ4n) is 2.97. The molecule has 0 saturated carbocycles. The summed E-state index contributed by atoms with van der Waals surface area (Å²) in [6.45, 7) is 3.96. The minimum atomic E-state index is 0.179. The summed E-state index contributed by atoms with van der Waals surface area (Å²) >= 11 is 0. The van der Waals surface area contributed by atoms with Gasteiger partial charge in [0.05, 0.1) is 0 Å². The second-order valence-electron chi connectivity index (χ2n) is 5.78. The summed E-state index contributed by atoms with van der Waals surface area (Å²) in [4.78, 5) is 14.0. The van der Waals surface area contributed by atoms with Gasteiger partial charge in [-0.05, 0) is 38.6 Å². The molecule has 2 rings (SSSR count). The van der Waals surface area contributed by atoms with E-state index in [0.29, 0.717) is 12.6 Å². The van der Waals surface area contributed by atoms with Crippen LogP contribution in [0.4, 0.5) is 0 Å². The highest BCUT2D eigenvalue weighted by molar-refractivity contribution is 5.77. The molecule has 0 radical (unpaired) electrons. The molecule has 2 fully saturated rings. The van der Waals surface area contributed by atoms with E-state index >= 15 is 0 Å². The van der Waals surface area contributed by atoms with Crippen molar-refractivity contribution >= 4 is 5.91 Å². The number of nitrogens with one attached hydrogen (secondary N) is 1. The number of nitrogens with zero attached hydrogens (tertiary/aromatic N) is 1. The summed E-state index contributed by atoms with van der Waals surface area (Å²) in [5.41, 5.74) is 0. The number of amides is 1. The number of hydrogen-bond acceptors (Lipinski definition) is 3. The molecule has 4 heteroatoms. The van der Waals surface area contributed by atoms with Crippen molar-refractivity contribution in [3.8, 4) is 0 Å². The van der Waals surface area contributed by atoms with Crippen LogP contribution in [0, 0.1) is 0 Å². The minimum Gasteiger partial charge on any atom is -0.372 e. The molecule has 4 nitrogen and oxygen atoms in total. The molecular weight excluding hydrogens is 240 g/mol. The van der Waals surface area contributed by atoms with Crippen LogP contribution in [-0.4, -0.2) is 49.7 Å². The molecule has 110 valence electrons. The minimum absolute atomic E-state index is 0.179. The van der Waals surface area contributed by atoms with Gasteiger partial charge in [-0.15, -0.1) is 0 Å². The Kier molecular flexibility index (Phi) is 6.65. The standard InChI is InChI=1S/C15H28N2O2/c18-15(17-10-5-1-2-6-11-17)13-19-12-8-14-7-3-4-9-16-14/h14,16H,1-13H2. The maximum atomic E-state index is 12.0. The number of rotatable bonds is 5. The molecule has 1 amide bonds. The van der Waals surface area contributed by atoms with E-state index in [9.17, 15) is 4.79 Å². The molecule has 2 saturated heterocycles. The molecule has 0 aromatic carbocycles. The van der Waals surface area contributed by atoms with Crippen LogP contribution in [0.1, 0.15) is 51.4 Å². The summed E-state index contributed by atoms with van der Waals surface area (Å²) < 4.78 is 5.56. The maximum absolute atomic E-state index is 12.0. The van der Waals surface area contributed by atoms with Crippen LogP contribution in [0.15, 0.2) is 0 Å². The molecule has 2 heterocycles. The van der Waals surface area contributed by atoms with E-state index in [1.165, 1.54) is 32.1 Å². The third-order valence-corrected chi connectivity index (χ3v) is 4.21. The van der Waals surface area contributed by atoms with Crippen molar-refractivity contribution in [1.82, 2.24) is 10.2 Å². The lowest BCUT2D eigenvalue weighted by atomic mass is 10.0. The van der Waals surface area contributed by atoms with Gasteiger partial charge in [0.25, 0.3) is 0 Å². The van der Waals surface area contributed by atoms with Gasteiger partial charge in [0.1, 0.15) is 6.61 Å². The lowest BCUT2D eigenvalue weighted by Gasteiger charge is -2.23. The van der Waals surface area contributed by atoms with Crippen LogP contribution < -0.4 is 5.32 Å². The van der Waals surface area contributed by atoms with Crippen molar-refractivity contribution < 1.29 is 9.53 Å². The number of ether oxygens (including phenoxy) is 1. The SMILES string of the molecule is O=C(COCCC1CCCCN1)N1CCCCCC1. The number of piperidine rings is 1. The van der Waals surface area contributed by atoms with Crippen molar-refractivity contribution in [2.45, 2.75) is 57.4 Å². The number of hydrogen-bond donors (Lipinski definition) is 1. The largest absolute Gasteiger partial charge is 0.372 e. The van der Waals surface area contributed by atoms with E-state index in [-0.39, 0.29) is 12.5 Å². The number of carbonyl (C=O) groups is 1. The van der Waals surface area contributed by atoms with E-state index in [1.54, 1.807) is 0 Å². The topological polar surface area (TPSA) is 41.6 Å². The highest BCUT2D eigenvalue weighted by Crippen LogP contribution is 2.11. The molecule has 1 unspecified atom stereocenters.